The molecular weight excluding hydrogens is 80.0 g/mol. The maximum atomic E-state index is 7.92. The molecule has 0 fully saturated rings. The first-order chi connectivity index (χ1) is 2.27. The highest BCUT2D eigenvalue weighted by molar-refractivity contribution is 4.21. The van der Waals surface area contributed by atoms with E-state index in [1.807, 2.05) is 0 Å². The summed E-state index contributed by atoms with van der Waals surface area (Å²) in [6.45, 7) is 1.70. The lowest BCUT2D eigenvalue weighted by molar-refractivity contribution is -0.0413. The van der Waals surface area contributed by atoms with Gasteiger partial charge in [-0.25, -0.2) is 0 Å². The van der Waals surface area contributed by atoms with Crippen LogP contribution in [0.3, 0.4) is 0 Å². The lowest BCUT2D eigenvalue weighted by Gasteiger charge is -1.90. The van der Waals surface area contributed by atoms with E-state index in [1.165, 1.54) is 0 Å². The van der Waals surface area contributed by atoms with E-state index in [2.05, 4.69) is 0 Å². The third kappa shape index (κ3) is 9.07. The maximum Gasteiger partial charge on any atom is 0.151 e. The van der Waals surface area contributed by atoms with Crippen LogP contribution in [0.2, 0.25) is 0 Å². The van der Waals surface area contributed by atoms with Crippen LogP contribution >= 0.6 is 0 Å². The quantitative estimate of drug-likeness (QED) is 0.458. The molecule has 0 aromatic carbocycles. The molecule has 40 valence electrons. The molecule has 0 radical (unpaired) electrons. The number of aliphatic hydroxyl groups is 2. The van der Waals surface area contributed by atoms with Gasteiger partial charge in [0.25, 0.3) is 0 Å². The Kier molecular flexibility index (Phi) is 7.65. The van der Waals surface area contributed by atoms with Crippen molar-refractivity contribution in [3.63, 3.8) is 0 Å². The molecule has 0 aliphatic rings. The fourth-order valence-electron chi connectivity index (χ4n) is 0. The highest BCUT2D eigenvalue weighted by Gasteiger charge is 1.83. The van der Waals surface area contributed by atoms with Gasteiger partial charge in [0.05, 0.1) is 0 Å². The summed E-state index contributed by atoms with van der Waals surface area (Å²) in [5.41, 5.74) is 0. The highest BCUT2D eigenvalue weighted by atomic mass is 16.5. The van der Waals surface area contributed by atoms with Crippen molar-refractivity contribution in [1.29, 1.82) is 0 Å². The zero-order valence-electron chi connectivity index (χ0n) is 3.18. The standard InChI is InChI=1S/C3H8O2.CH4/c1-2-3(4)5;/h3-5H,2H2,1H3;1H4. The molecule has 0 aliphatic carbocycles. The summed E-state index contributed by atoms with van der Waals surface area (Å²) in [5.74, 6) is 0. The molecule has 0 bridgehead atoms. The van der Waals surface area contributed by atoms with Crippen LogP contribution in [0.15, 0.2) is 0 Å². The molecule has 0 atom stereocenters. The number of aliphatic hydroxyl groups excluding tert-OH is 1. The highest BCUT2D eigenvalue weighted by Crippen LogP contribution is 1.77. The first-order valence-corrected chi connectivity index (χ1v) is 1.63. The van der Waals surface area contributed by atoms with Crippen LogP contribution in [0.5, 0.6) is 0 Å². The van der Waals surface area contributed by atoms with E-state index in [4.69, 9.17) is 10.2 Å². The first-order valence-electron chi connectivity index (χ1n) is 1.63. The fourth-order valence-corrected chi connectivity index (χ4v) is 0. The van der Waals surface area contributed by atoms with E-state index in [0.29, 0.717) is 6.42 Å². The normalized spacial score (nSPS) is 8.00. The summed E-state index contributed by atoms with van der Waals surface area (Å²) in [4.78, 5) is 0. The van der Waals surface area contributed by atoms with Gasteiger partial charge in [-0.3, -0.25) is 0 Å². The molecule has 2 N–H and O–H groups in total. The second-order valence-corrected chi connectivity index (χ2v) is 0.889. The van der Waals surface area contributed by atoms with Gasteiger partial charge in [0, 0.05) is 0 Å². The summed E-state index contributed by atoms with van der Waals surface area (Å²) in [6.07, 6.45) is -0.699. The van der Waals surface area contributed by atoms with Crippen molar-refractivity contribution in [3.8, 4) is 0 Å². The molecule has 0 saturated carbocycles. The Hall–Kier alpha value is -0.0800. The number of hydrogen-bond acceptors (Lipinski definition) is 2. The van der Waals surface area contributed by atoms with E-state index in [0.717, 1.165) is 0 Å². The average molecular weight is 92.1 g/mol. The van der Waals surface area contributed by atoms with Gasteiger partial charge in [-0.2, -0.15) is 0 Å². The number of rotatable bonds is 1. The predicted molar refractivity (Wildman–Crippen MR) is 25.2 cm³/mol. The Bertz CT molecular complexity index is 19.5. The van der Waals surface area contributed by atoms with Gasteiger partial charge in [-0.15, -0.1) is 0 Å². The summed E-state index contributed by atoms with van der Waals surface area (Å²) < 4.78 is 0. The molecule has 0 amide bonds. The zero-order chi connectivity index (χ0) is 4.28. The average Bonchev–Trinajstić information content (AvgIpc) is 1.38. The van der Waals surface area contributed by atoms with E-state index < -0.39 is 6.29 Å². The maximum absolute atomic E-state index is 7.92. The van der Waals surface area contributed by atoms with Crippen molar-refractivity contribution in [2.45, 2.75) is 27.1 Å². The molecule has 6 heavy (non-hydrogen) atoms. The van der Waals surface area contributed by atoms with Crippen LogP contribution in [0.4, 0.5) is 0 Å². The van der Waals surface area contributed by atoms with Crippen LogP contribution < -0.4 is 0 Å². The van der Waals surface area contributed by atoms with Crippen molar-refractivity contribution in [1.82, 2.24) is 0 Å². The minimum atomic E-state index is -1.12. The SMILES string of the molecule is C.CCC(O)O. The van der Waals surface area contributed by atoms with E-state index in [9.17, 15) is 0 Å². The van der Waals surface area contributed by atoms with Crippen LogP contribution in [0.25, 0.3) is 0 Å². The minimum Gasteiger partial charge on any atom is -0.368 e. The van der Waals surface area contributed by atoms with Gasteiger partial charge < -0.3 is 10.2 Å². The van der Waals surface area contributed by atoms with Crippen molar-refractivity contribution in [3.05, 3.63) is 0 Å². The third-order valence-electron chi connectivity index (χ3n) is 0.365. The molecule has 2 heteroatoms. The minimum absolute atomic E-state index is 0. The Morgan fingerprint density at radius 2 is 1.67 bits per heavy atom. The Balaban J connectivity index is 0. The van der Waals surface area contributed by atoms with E-state index in [-0.39, 0.29) is 7.43 Å². The Labute approximate surface area is 38.4 Å². The summed E-state index contributed by atoms with van der Waals surface area (Å²) in [6, 6.07) is 0. The van der Waals surface area contributed by atoms with Crippen LogP contribution in [-0.4, -0.2) is 16.5 Å². The first kappa shape index (κ1) is 9.33. The van der Waals surface area contributed by atoms with Crippen LogP contribution in [-0.2, 0) is 0 Å². The second-order valence-electron chi connectivity index (χ2n) is 0.889. The fraction of sp³-hybridized carbons (Fsp3) is 1.00. The van der Waals surface area contributed by atoms with E-state index >= 15 is 0 Å². The lowest BCUT2D eigenvalue weighted by atomic mass is 10.5. The van der Waals surface area contributed by atoms with Gasteiger partial charge in [0.2, 0.25) is 0 Å². The van der Waals surface area contributed by atoms with Crippen LogP contribution in [0, 0.1) is 0 Å². The summed E-state index contributed by atoms with van der Waals surface area (Å²) >= 11 is 0. The third-order valence-corrected chi connectivity index (χ3v) is 0.365. The van der Waals surface area contributed by atoms with Gasteiger partial charge in [-0.05, 0) is 6.42 Å². The molecule has 0 heterocycles. The monoisotopic (exact) mass is 92.1 g/mol. The van der Waals surface area contributed by atoms with Crippen molar-refractivity contribution in [2.24, 2.45) is 0 Å². The van der Waals surface area contributed by atoms with Gasteiger partial charge >= 0.3 is 0 Å². The topological polar surface area (TPSA) is 40.5 Å². The van der Waals surface area contributed by atoms with Crippen molar-refractivity contribution >= 4 is 0 Å². The second kappa shape index (κ2) is 4.92. The molecule has 0 aliphatic heterocycles. The molecule has 0 rings (SSSR count). The van der Waals surface area contributed by atoms with Gasteiger partial charge in [0.1, 0.15) is 0 Å². The van der Waals surface area contributed by atoms with E-state index in [1.54, 1.807) is 6.92 Å². The molecule has 0 aromatic rings. The van der Waals surface area contributed by atoms with Crippen molar-refractivity contribution < 1.29 is 10.2 Å². The van der Waals surface area contributed by atoms with Gasteiger partial charge in [-0.1, -0.05) is 14.4 Å². The Morgan fingerprint density at radius 1 is 1.50 bits per heavy atom. The molecule has 0 saturated heterocycles. The molecule has 0 spiro atoms. The number of hydrogen-bond donors (Lipinski definition) is 2. The zero-order valence-corrected chi connectivity index (χ0v) is 3.18. The summed E-state index contributed by atoms with van der Waals surface area (Å²) in [5, 5.41) is 15.8. The van der Waals surface area contributed by atoms with Crippen LogP contribution in [0.1, 0.15) is 20.8 Å². The molecule has 0 aromatic heterocycles. The molecular formula is C4H12O2. The predicted octanol–water partition coefficient (Wildman–Crippen LogP) is 0.343. The smallest absolute Gasteiger partial charge is 0.151 e. The van der Waals surface area contributed by atoms with Crippen molar-refractivity contribution in [2.75, 3.05) is 0 Å². The molecule has 2 nitrogen and oxygen atoms in total. The summed E-state index contributed by atoms with van der Waals surface area (Å²) in [7, 11) is 0. The lowest BCUT2D eigenvalue weighted by Crippen LogP contribution is -1.99. The Morgan fingerprint density at radius 3 is 1.67 bits per heavy atom. The largest absolute Gasteiger partial charge is 0.368 e. The van der Waals surface area contributed by atoms with Gasteiger partial charge in [0.15, 0.2) is 6.29 Å². The molecule has 0 unspecified atom stereocenters.